The Bertz CT molecular complexity index is 539. The molecule has 2 aromatic rings. The number of rotatable bonds is 3. The van der Waals surface area contributed by atoms with E-state index < -0.39 is 0 Å². The van der Waals surface area contributed by atoms with Gasteiger partial charge in [-0.25, -0.2) is 0 Å². The number of hydrogen-bond acceptors (Lipinski definition) is 5. The molecule has 7 heteroatoms. The molecule has 0 aliphatic carbocycles. The lowest BCUT2D eigenvalue weighted by atomic mass is 10.3. The van der Waals surface area contributed by atoms with Crippen molar-refractivity contribution in [2.24, 2.45) is 0 Å². The van der Waals surface area contributed by atoms with E-state index in [1.54, 1.807) is 6.07 Å². The van der Waals surface area contributed by atoms with E-state index >= 15 is 0 Å². The van der Waals surface area contributed by atoms with Crippen LogP contribution in [0.2, 0.25) is 5.28 Å². The first kappa shape index (κ1) is 12.1. The van der Waals surface area contributed by atoms with Gasteiger partial charge < -0.3 is 9.47 Å². The Labute approximate surface area is 111 Å². The van der Waals surface area contributed by atoms with Crippen LogP contribution in [0.5, 0.6) is 17.8 Å². The fourth-order valence-corrected chi connectivity index (χ4v) is 1.59. The maximum absolute atomic E-state index is 5.70. The quantitative estimate of drug-likeness (QED) is 0.871. The van der Waals surface area contributed by atoms with Crippen LogP contribution < -0.4 is 9.47 Å². The summed E-state index contributed by atoms with van der Waals surface area (Å²) in [5, 5.41) is 0.0129. The summed E-state index contributed by atoms with van der Waals surface area (Å²) in [6, 6.07) is 7.50. The molecule has 1 aromatic carbocycles. The van der Waals surface area contributed by atoms with Gasteiger partial charge in [0.2, 0.25) is 5.28 Å². The number of para-hydroxylation sites is 1. The molecule has 1 aromatic heterocycles. The van der Waals surface area contributed by atoms with Crippen LogP contribution in [-0.4, -0.2) is 22.1 Å². The molecule has 5 nitrogen and oxygen atoms in total. The van der Waals surface area contributed by atoms with Gasteiger partial charge >= 0.3 is 12.0 Å². The van der Waals surface area contributed by atoms with Gasteiger partial charge in [-0.1, -0.05) is 12.1 Å². The molecular weight excluding hydrogens is 309 g/mol. The molecule has 0 spiro atoms. The lowest BCUT2D eigenvalue weighted by Crippen LogP contribution is -1.98. The van der Waals surface area contributed by atoms with Gasteiger partial charge in [-0.3, -0.25) is 0 Å². The molecule has 0 unspecified atom stereocenters. The summed E-state index contributed by atoms with van der Waals surface area (Å²) in [5.74, 6) is 0.580. The zero-order chi connectivity index (χ0) is 12.3. The topological polar surface area (TPSA) is 57.1 Å². The standard InChI is InChI=1S/C10H7BrClN3O2/c1-16-9-13-8(12)14-10(15-9)17-7-5-3-2-4-6(7)11/h2-5H,1H3. The maximum Gasteiger partial charge on any atom is 0.329 e. The second-order valence-corrected chi connectivity index (χ2v) is 4.10. The minimum absolute atomic E-state index is 0.0129. The summed E-state index contributed by atoms with van der Waals surface area (Å²) in [4.78, 5) is 11.5. The third kappa shape index (κ3) is 3.04. The van der Waals surface area contributed by atoms with Crippen LogP contribution in [0.25, 0.3) is 0 Å². The van der Waals surface area contributed by atoms with Crippen molar-refractivity contribution in [3.63, 3.8) is 0 Å². The highest BCUT2D eigenvalue weighted by Crippen LogP contribution is 2.28. The van der Waals surface area contributed by atoms with Crippen molar-refractivity contribution < 1.29 is 9.47 Å². The Morgan fingerprint density at radius 3 is 2.53 bits per heavy atom. The molecule has 0 N–H and O–H groups in total. The molecule has 0 fully saturated rings. The average Bonchev–Trinajstić information content (AvgIpc) is 2.31. The number of methoxy groups -OCH3 is 1. The van der Waals surface area contributed by atoms with E-state index in [4.69, 9.17) is 21.1 Å². The van der Waals surface area contributed by atoms with E-state index in [0.717, 1.165) is 4.47 Å². The number of halogens is 2. The van der Waals surface area contributed by atoms with Crippen molar-refractivity contribution in [2.45, 2.75) is 0 Å². The first-order valence-electron chi connectivity index (χ1n) is 4.57. The Morgan fingerprint density at radius 1 is 1.12 bits per heavy atom. The predicted molar refractivity (Wildman–Crippen MR) is 65.6 cm³/mol. The van der Waals surface area contributed by atoms with E-state index in [9.17, 15) is 0 Å². The van der Waals surface area contributed by atoms with Crippen molar-refractivity contribution in [2.75, 3.05) is 7.11 Å². The Kier molecular flexibility index (Phi) is 3.75. The normalized spacial score (nSPS) is 10.1. The number of hydrogen-bond donors (Lipinski definition) is 0. The summed E-state index contributed by atoms with van der Waals surface area (Å²) in [6.07, 6.45) is 0. The monoisotopic (exact) mass is 315 g/mol. The molecule has 0 radical (unpaired) electrons. The molecule has 0 saturated heterocycles. The molecule has 17 heavy (non-hydrogen) atoms. The van der Waals surface area contributed by atoms with Gasteiger partial charge in [0.25, 0.3) is 0 Å². The van der Waals surface area contributed by atoms with Gasteiger partial charge in [0.05, 0.1) is 11.6 Å². The van der Waals surface area contributed by atoms with Gasteiger partial charge in [-0.05, 0) is 39.7 Å². The third-order valence-electron chi connectivity index (χ3n) is 1.79. The second-order valence-electron chi connectivity index (χ2n) is 2.91. The van der Waals surface area contributed by atoms with E-state index in [2.05, 4.69) is 30.9 Å². The summed E-state index contributed by atoms with van der Waals surface area (Å²) in [6.45, 7) is 0. The molecule has 0 bridgehead atoms. The lowest BCUT2D eigenvalue weighted by molar-refractivity contribution is 0.358. The van der Waals surface area contributed by atoms with Crippen LogP contribution in [0.15, 0.2) is 28.7 Å². The van der Waals surface area contributed by atoms with E-state index in [1.807, 2.05) is 18.2 Å². The van der Waals surface area contributed by atoms with Crippen molar-refractivity contribution in [3.05, 3.63) is 34.0 Å². The minimum atomic E-state index is 0.0129. The van der Waals surface area contributed by atoms with E-state index in [-0.39, 0.29) is 17.3 Å². The zero-order valence-corrected chi connectivity index (χ0v) is 11.1. The lowest BCUT2D eigenvalue weighted by Gasteiger charge is -2.06. The van der Waals surface area contributed by atoms with Gasteiger partial charge in [0, 0.05) is 0 Å². The first-order chi connectivity index (χ1) is 8.19. The van der Waals surface area contributed by atoms with Crippen molar-refractivity contribution in [1.82, 2.24) is 15.0 Å². The maximum atomic E-state index is 5.70. The predicted octanol–water partition coefficient (Wildman–Crippen LogP) is 3.09. The van der Waals surface area contributed by atoms with Crippen molar-refractivity contribution in [1.29, 1.82) is 0 Å². The Morgan fingerprint density at radius 2 is 1.82 bits per heavy atom. The molecule has 0 aliphatic heterocycles. The number of benzene rings is 1. The minimum Gasteiger partial charge on any atom is -0.467 e. The average molecular weight is 317 g/mol. The second kappa shape index (κ2) is 5.29. The van der Waals surface area contributed by atoms with Crippen LogP contribution in [0.1, 0.15) is 0 Å². The summed E-state index contributed by atoms with van der Waals surface area (Å²) >= 11 is 9.05. The van der Waals surface area contributed by atoms with Gasteiger partial charge in [-0.15, -0.1) is 4.98 Å². The molecule has 2 rings (SSSR count). The van der Waals surface area contributed by atoms with Crippen LogP contribution in [0.4, 0.5) is 0 Å². The fraction of sp³-hybridized carbons (Fsp3) is 0.100. The highest BCUT2D eigenvalue weighted by Gasteiger charge is 2.08. The summed E-state index contributed by atoms with van der Waals surface area (Å²) in [5.41, 5.74) is 0. The summed E-state index contributed by atoms with van der Waals surface area (Å²) in [7, 11) is 1.44. The highest BCUT2D eigenvalue weighted by molar-refractivity contribution is 9.10. The van der Waals surface area contributed by atoms with Crippen molar-refractivity contribution in [3.8, 4) is 17.8 Å². The molecule has 0 saturated carbocycles. The SMILES string of the molecule is COc1nc(Cl)nc(Oc2ccccc2Br)n1. The number of nitrogens with zero attached hydrogens (tertiary/aromatic N) is 3. The molecule has 0 atom stereocenters. The smallest absolute Gasteiger partial charge is 0.329 e. The van der Waals surface area contributed by atoms with Gasteiger partial charge in [0.1, 0.15) is 5.75 Å². The van der Waals surface area contributed by atoms with Crippen LogP contribution in [0, 0.1) is 0 Å². The Hall–Kier alpha value is -1.40. The Balaban J connectivity index is 2.30. The largest absolute Gasteiger partial charge is 0.467 e. The number of aromatic nitrogens is 3. The van der Waals surface area contributed by atoms with Crippen LogP contribution in [-0.2, 0) is 0 Å². The van der Waals surface area contributed by atoms with E-state index in [1.165, 1.54) is 7.11 Å². The van der Waals surface area contributed by atoms with Crippen molar-refractivity contribution >= 4 is 27.5 Å². The van der Waals surface area contributed by atoms with Gasteiger partial charge in [-0.2, -0.15) is 9.97 Å². The molecule has 0 aliphatic rings. The molecule has 88 valence electrons. The molecule has 0 amide bonds. The number of ether oxygens (including phenoxy) is 2. The zero-order valence-electron chi connectivity index (χ0n) is 8.72. The molecule has 1 heterocycles. The summed E-state index contributed by atoms with van der Waals surface area (Å²) < 4.78 is 11.1. The molecular formula is C10H7BrClN3O2. The first-order valence-corrected chi connectivity index (χ1v) is 5.74. The van der Waals surface area contributed by atoms with Gasteiger partial charge in [0.15, 0.2) is 0 Å². The van der Waals surface area contributed by atoms with Crippen LogP contribution in [0.3, 0.4) is 0 Å². The fourth-order valence-electron chi connectivity index (χ4n) is 1.08. The highest BCUT2D eigenvalue weighted by atomic mass is 79.9. The van der Waals surface area contributed by atoms with E-state index in [0.29, 0.717) is 5.75 Å². The third-order valence-corrected chi connectivity index (χ3v) is 2.61. The van der Waals surface area contributed by atoms with Crippen LogP contribution >= 0.6 is 27.5 Å².